The lowest BCUT2D eigenvalue weighted by atomic mass is 10.0. The number of aryl methyl sites for hydroxylation is 1. The Balaban J connectivity index is 2.22. The van der Waals surface area contributed by atoms with E-state index in [0.717, 1.165) is 21.9 Å². The van der Waals surface area contributed by atoms with Gasteiger partial charge in [-0.1, -0.05) is 25.4 Å². The Morgan fingerprint density at radius 2 is 2.10 bits per heavy atom. The van der Waals surface area contributed by atoms with Gasteiger partial charge in [-0.15, -0.1) is 0 Å². The summed E-state index contributed by atoms with van der Waals surface area (Å²) in [4.78, 5) is 10.9. The molecule has 0 aliphatic heterocycles. The summed E-state index contributed by atoms with van der Waals surface area (Å²) in [5.74, 6) is 1.11. The van der Waals surface area contributed by atoms with Crippen molar-refractivity contribution in [2.45, 2.75) is 33.3 Å². The molecule has 1 aromatic carbocycles. The second kappa shape index (κ2) is 6.09. The predicted molar refractivity (Wildman–Crippen MR) is 79.5 cm³/mol. The van der Waals surface area contributed by atoms with Crippen molar-refractivity contribution in [1.29, 1.82) is 0 Å². The van der Waals surface area contributed by atoms with E-state index in [4.69, 9.17) is 16.3 Å². The van der Waals surface area contributed by atoms with Gasteiger partial charge in [-0.25, -0.2) is 5.10 Å². The first-order valence-electron chi connectivity index (χ1n) is 6.45. The molecule has 0 bridgehead atoms. The lowest BCUT2D eigenvalue weighted by Crippen LogP contribution is -2.09. The second-order valence-corrected chi connectivity index (χ2v) is 5.40. The SMILES string of the molecule is Cc1cc(OCc2ccc(=O)[nH]n2)c(C(C)C)cc1Cl. The van der Waals surface area contributed by atoms with E-state index in [0.29, 0.717) is 18.2 Å². The maximum Gasteiger partial charge on any atom is 0.264 e. The molecule has 0 aliphatic carbocycles. The van der Waals surface area contributed by atoms with E-state index < -0.39 is 0 Å². The van der Waals surface area contributed by atoms with E-state index in [1.54, 1.807) is 6.07 Å². The summed E-state index contributed by atoms with van der Waals surface area (Å²) in [6.07, 6.45) is 0. The fourth-order valence-corrected chi connectivity index (χ4v) is 2.02. The Labute approximate surface area is 122 Å². The van der Waals surface area contributed by atoms with Crippen molar-refractivity contribution < 1.29 is 4.74 Å². The molecular weight excluding hydrogens is 276 g/mol. The van der Waals surface area contributed by atoms with Gasteiger partial charge in [0, 0.05) is 11.1 Å². The Morgan fingerprint density at radius 3 is 2.70 bits per heavy atom. The summed E-state index contributed by atoms with van der Waals surface area (Å²) >= 11 is 6.16. The van der Waals surface area contributed by atoms with E-state index in [1.807, 2.05) is 19.1 Å². The number of aromatic amines is 1. The Morgan fingerprint density at radius 1 is 1.35 bits per heavy atom. The standard InChI is InChI=1S/C15H17ClN2O2/c1-9(2)12-7-13(16)10(3)6-14(12)20-8-11-4-5-15(19)18-17-11/h4-7,9H,8H2,1-3H3,(H,18,19). The van der Waals surface area contributed by atoms with Gasteiger partial charge in [0.25, 0.3) is 5.56 Å². The minimum absolute atomic E-state index is 0.223. The number of hydrogen-bond donors (Lipinski definition) is 1. The van der Waals surface area contributed by atoms with Crippen LogP contribution >= 0.6 is 11.6 Å². The van der Waals surface area contributed by atoms with Gasteiger partial charge in [0.15, 0.2) is 0 Å². The van der Waals surface area contributed by atoms with Crippen LogP contribution in [0.1, 0.15) is 36.6 Å². The highest BCUT2D eigenvalue weighted by atomic mass is 35.5. The zero-order valence-electron chi connectivity index (χ0n) is 11.7. The third-order valence-corrected chi connectivity index (χ3v) is 3.43. The van der Waals surface area contributed by atoms with Crippen LogP contribution in [-0.4, -0.2) is 10.2 Å². The molecule has 0 aliphatic rings. The molecule has 106 valence electrons. The summed E-state index contributed by atoms with van der Waals surface area (Å²) in [5.41, 5.74) is 2.48. The van der Waals surface area contributed by atoms with E-state index in [-0.39, 0.29) is 5.56 Å². The molecular formula is C15H17ClN2O2. The van der Waals surface area contributed by atoms with Crippen molar-refractivity contribution >= 4 is 11.6 Å². The minimum atomic E-state index is -0.223. The lowest BCUT2D eigenvalue weighted by molar-refractivity contribution is 0.295. The monoisotopic (exact) mass is 292 g/mol. The summed E-state index contributed by atoms with van der Waals surface area (Å²) < 4.78 is 5.82. The molecule has 4 nitrogen and oxygen atoms in total. The highest BCUT2D eigenvalue weighted by Gasteiger charge is 2.11. The van der Waals surface area contributed by atoms with E-state index in [2.05, 4.69) is 24.0 Å². The van der Waals surface area contributed by atoms with Crippen LogP contribution in [0.4, 0.5) is 0 Å². The quantitative estimate of drug-likeness (QED) is 0.939. The first-order chi connectivity index (χ1) is 9.47. The van der Waals surface area contributed by atoms with Crippen molar-refractivity contribution in [2.75, 3.05) is 0 Å². The molecule has 20 heavy (non-hydrogen) atoms. The zero-order chi connectivity index (χ0) is 14.7. The molecule has 0 saturated heterocycles. The van der Waals surface area contributed by atoms with E-state index in [1.165, 1.54) is 6.07 Å². The van der Waals surface area contributed by atoms with Crippen LogP contribution in [0.3, 0.4) is 0 Å². The van der Waals surface area contributed by atoms with Crippen molar-refractivity contribution in [3.05, 3.63) is 56.5 Å². The number of H-pyrrole nitrogens is 1. The highest BCUT2D eigenvalue weighted by Crippen LogP contribution is 2.32. The molecule has 0 unspecified atom stereocenters. The lowest BCUT2D eigenvalue weighted by Gasteiger charge is -2.15. The average Bonchev–Trinajstić information content (AvgIpc) is 2.41. The van der Waals surface area contributed by atoms with E-state index in [9.17, 15) is 4.79 Å². The summed E-state index contributed by atoms with van der Waals surface area (Å²) in [6.45, 7) is 6.42. The van der Waals surface area contributed by atoms with Crippen LogP contribution in [0.25, 0.3) is 0 Å². The first kappa shape index (κ1) is 14.6. The van der Waals surface area contributed by atoms with Crippen LogP contribution in [0, 0.1) is 6.92 Å². The Bertz CT molecular complexity index is 645. The number of rotatable bonds is 4. The molecule has 5 heteroatoms. The van der Waals surface area contributed by atoms with Gasteiger partial charge in [-0.05, 0) is 42.2 Å². The molecule has 0 fully saturated rings. The van der Waals surface area contributed by atoms with Crippen LogP contribution in [0.2, 0.25) is 5.02 Å². The van der Waals surface area contributed by atoms with Crippen molar-refractivity contribution in [3.63, 3.8) is 0 Å². The molecule has 0 amide bonds. The molecule has 0 atom stereocenters. The van der Waals surface area contributed by atoms with Crippen molar-refractivity contribution in [3.8, 4) is 5.75 Å². The largest absolute Gasteiger partial charge is 0.487 e. The van der Waals surface area contributed by atoms with Gasteiger partial charge >= 0.3 is 0 Å². The molecule has 1 aromatic heterocycles. The van der Waals surface area contributed by atoms with Gasteiger partial charge < -0.3 is 4.74 Å². The van der Waals surface area contributed by atoms with Gasteiger partial charge in [-0.2, -0.15) is 5.10 Å². The molecule has 2 rings (SSSR count). The Hall–Kier alpha value is -1.81. The third kappa shape index (κ3) is 3.39. The number of halogens is 1. The van der Waals surface area contributed by atoms with Gasteiger partial charge in [0.1, 0.15) is 12.4 Å². The number of nitrogens with zero attached hydrogens (tertiary/aromatic N) is 1. The Kier molecular flexibility index (Phi) is 4.45. The van der Waals surface area contributed by atoms with Crippen molar-refractivity contribution in [1.82, 2.24) is 10.2 Å². The third-order valence-electron chi connectivity index (χ3n) is 3.03. The normalized spacial score (nSPS) is 10.8. The van der Waals surface area contributed by atoms with Crippen LogP contribution in [-0.2, 0) is 6.61 Å². The molecule has 1 N–H and O–H groups in total. The predicted octanol–water partition coefficient (Wildman–Crippen LogP) is 3.43. The van der Waals surface area contributed by atoms with Crippen LogP contribution in [0.5, 0.6) is 5.75 Å². The van der Waals surface area contributed by atoms with Crippen LogP contribution in [0.15, 0.2) is 29.1 Å². The second-order valence-electron chi connectivity index (χ2n) is 5.00. The zero-order valence-corrected chi connectivity index (χ0v) is 12.5. The number of nitrogens with one attached hydrogen (secondary N) is 1. The first-order valence-corrected chi connectivity index (χ1v) is 6.82. The fraction of sp³-hybridized carbons (Fsp3) is 0.333. The maximum absolute atomic E-state index is 10.9. The van der Waals surface area contributed by atoms with Gasteiger partial charge in [-0.3, -0.25) is 4.79 Å². The summed E-state index contributed by atoms with van der Waals surface area (Å²) in [6, 6.07) is 6.96. The average molecular weight is 293 g/mol. The van der Waals surface area contributed by atoms with Gasteiger partial charge in [0.05, 0.1) is 5.69 Å². The number of benzene rings is 1. The molecule has 0 saturated carbocycles. The summed E-state index contributed by atoms with van der Waals surface area (Å²) in [5, 5.41) is 7.05. The topological polar surface area (TPSA) is 55.0 Å². The maximum atomic E-state index is 10.9. The van der Waals surface area contributed by atoms with E-state index >= 15 is 0 Å². The molecule has 1 heterocycles. The van der Waals surface area contributed by atoms with Crippen LogP contribution < -0.4 is 10.3 Å². The smallest absolute Gasteiger partial charge is 0.264 e. The fourth-order valence-electron chi connectivity index (χ4n) is 1.85. The summed E-state index contributed by atoms with van der Waals surface area (Å²) in [7, 11) is 0. The molecule has 2 aromatic rings. The van der Waals surface area contributed by atoms with Crippen molar-refractivity contribution in [2.24, 2.45) is 0 Å². The minimum Gasteiger partial charge on any atom is -0.487 e. The van der Waals surface area contributed by atoms with Gasteiger partial charge in [0.2, 0.25) is 0 Å². The number of hydrogen-bond acceptors (Lipinski definition) is 3. The highest BCUT2D eigenvalue weighted by molar-refractivity contribution is 6.31. The number of aromatic nitrogens is 2. The molecule has 0 spiro atoms. The number of ether oxygens (including phenoxy) is 1. The molecule has 0 radical (unpaired) electrons.